The molecule has 20 heavy (non-hydrogen) atoms. The average Bonchev–Trinajstić information content (AvgIpc) is 2.41. The summed E-state index contributed by atoms with van der Waals surface area (Å²) in [5.74, 6) is -0.244. The summed E-state index contributed by atoms with van der Waals surface area (Å²) in [7, 11) is 0. The van der Waals surface area contributed by atoms with E-state index in [1.165, 1.54) is 6.08 Å². The van der Waals surface area contributed by atoms with Crippen LogP contribution in [0, 0.1) is 0 Å². The Labute approximate surface area is 128 Å². The number of hydrogen-bond acceptors (Lipinski definition) is 2. The number of nitrogens with one attached hydrogen (secondary N) is 1. The highest BCUT2D eigenvalue weighted by atomic mass is 35.5. The SMILES string of the molecule is O=C(/C=C/c1c(Cl)cccc1Cl)N[C@@H]1CCCC[C@H]1O. The third-order valence-electron chi connectivity index (χ3n) is 3.46. The third-order valence-corrected chi connectivity index (χ3v) is 4.12. The zero-order chi connectivity index (χ0) is 14.5. The van der Waals surface area contributed by atoms with Crippen LogP contribution in [0.25, 0.3) is 6.08 Å². The second kappa shape index (κ2) is 7.11. The molecule has 3 nitrogen and oxygen atoms in total. The smallest absolute Gasteiger partial charge is 0.244 e. The first-order valence-electron chi connectivity index (χ1n) is 6.68. The second-order valence-electron chi connectivity index (χ2n) is 4.94. The molecule has 1 saturated carbocycles. The molecule has 0 spiro atoms. The Balaban J connectivity index is 1.99. The molecule has 2 rings (SSSR count). The maximum atomic E-state index is 11.9. The Hall–Kier alpha value is -1.03. The van der Waals surface area contributed by atoms with Crippen molar-refractivity contribution in [3.05, 3.63) is 39.9 Å². The molecule has 0 bridgehead atoms. The van der Waals surface area contributed by atoms with E-state index in [2.05, 4.69) is 5.32 Å². The van der Waals surface area contributed by atoms with Crippen LogP contribution in [0.3, 0.4) is 0 Å². The minimum atomic E-state index is -0.454. The van der Waals surface area contributed by atoms with Crippen LogP contribution in [0.1, 0.15) is 31.2 Å². The molecule has 0 unspecified atom stereocenters. The van der Waals surface area contributed by atoms with Gasteiger partial charge in [-0.2, -0.15) is 0 Å². The minimum Gasteiger partial charge on any atom is -0.391 e. The van der Waals surface area contributed by atoms with E-state index in [1.54, 1.807) is 24.3 Å². The molecule has 0 saturated heterocycles. The van der Waals surface area contributed by atoms with Gasteiger partial charge in [0.15, 0.2) is 0 Å². The Kier molecular flexibility index (Phi) is 5.46. The minimum absolute atomic E-state index is 0.164. The predicted molar refractivity (Wildman–Crippen MR) is 81.9 cm³/mol. The average molecular weight is 314 g/mol. The molecule has 1 fully saturated rings. The van der Waals surface area contributed by atoms with E-state index in [4.69, 9.17) is 23.2 Å². The normalized spacial score (nSPS) is 22.9. The summed E-state index contributed by atoms with van der Waals surface area (Å²) >= 11 is 12.0. The molecule has 1 aliphatic carbocycles. The standard InChI is InChI=1S/C15H17Cl2NO2/c16-11-4-3-5-12(17)10(11)8-9-15(20)18-13-6-1-2-7-14(13)19/h3-5,8-9,13-14,19H,1-2,6-7H2,(H,18,20)/b9-8+/t13-,14-/m1/s1. The Morgan fingerprint density at radius 1 is 1.25 bits per heavy atom. The number of carbonyl (C=O) groups excluding carboxylic acids is 1. The van der Waals surface area contributed by atoms with E-state index in [0.29, 0.717) is 15.6 Å². The van der Waals surface area contributed by atoms with Crippen LogP contribution < -0.4 is 5.32 Å². The number of aliphatic hydroxyl groups excluding tert-OH is 1. The van der Waals surface area contributed by atoms with Gasteiger partial charge >= 0.3 is 0 Å². The molecule has 1 aliphatic rings. The number of benzene rings is 1. The van der Waals surface area contributed by atoms with Crippen molar-refractivity contribution in [3.63, 3.8) is 0 Å². The molecule has 5 heteroatoms. The summed E-state index contributed by atoms with van der Waals surface area (Å²) in [5.41, 5.74) is 0.621. The number of hydrogen-bond donors (Lipinski definition) is 2. The van der Waals surface area contributed by atoms with E-state index in [9.17, 15) is 9.90 Å². The van der Waals surface area contributed by atoms with Gasteiger partial charge in [0, 0.05) is 21.7 Å². The fourth-order valence-electron chi connectivity index (χ4n) is 2.34. The van der Waals surface area contributed by atoms with E-state index in [-0.39, 0.29) is 11.9 Å². The molecule has 0 heterocycles. The lowest BCUT2D eigenvalue weighted by Gasteiger charge is -2.27. The van der Waals surface area contributed by atoms with E-state index >= 15 is 0 Å². The van der Waals surface area contributed by atoms with Gasteiger partial charge in [0.2, 0.25) is 5.91 Å². The molecule has 1 aromatic carbocycles. The lowest BCUT2D eigenvalue weighted by atomic mass is 9.92. The van der Waals surface area contributed by atoms with E-state index in [1.807, 2.05) is 0 Å². The summed E-state index contributed by atoms with van der Waals surface area (Å²) in [6, 6.07) is 5.02. The van der Waals surface area contributed by atoms with Gasteiger partial charge in [0.1, 0.15) is 0 Å². The Bertz CT molecular complexity index is 496. The van der Waals surface area contributed by atoms with Gasteiger partial charge in [0.25, 0.3) is 0 Å². The van der Waals surface area contributed by atoms with Gasteiger partial charge in [-0.3, -0.25) is 4.79 Å². The molecular weight excluding hydrogens is 297 g/mol. The van der Waals surface area contributed by atoms with Gasteiger partial charge in [0.05, 0.1) is 12.1 Å². The highest BCUT2D eigenvalue weighted by Gasteiger charge is 2.23. The highest BCUT2D eigenvalue weighted by Crippen LogP contribution is 2.25. The summed E-state index contributed by atoms with van der Waals surface area (Å²) in [5, 5.41) is 13.6. The van der Waals surface area contributed by atoms with Crippen LogP contribution in [0.5, 0.6) is 0 Å². The van der Waals surface area contributed by atoms with Crippen LogP contribution in [-0.4, -0.2) is 23.2 Å². The molecular formula is C15H17Cl2NO2. The summed E-state index contributed by atoms with van der Waals surface area (Å²) < 4.78 is 0. The van der Waals surface area contributed by atoms with Gasteiger partial charge in [-0.05, 0) is 31.1 Å². The largest absolute Gasteiger partial charge is 0.391 e. The van der Waals surface area contributed by atoms with Crippen LogP contribution in [0.4, 0.5) is 0 Å². The first kappa shape index (κ1) is 15.4. The third kappa shape index (κ3) is 3.98. The molecule has 2 atom stereocenters. The lowest BCUT2D eigenvalue weighted by molar-refractivity contribution is -0.118. The topological polar surface area (TPSA) is 49.3 Å². The van der Waals surface area contributed by atoms with Crippen molar-refractivity contribution in [2.45, 2.75) is 37.8 Å². The number of halogens is 2. The van der Waals surface area contributed by atoms with Crippen molar-refractivity contribution < 1.29 is 9.90 Å². The number of carbonyl (C=O) groups is 1. The molecule has 2 N–H and O–H groups in total. The van der Waals surface area contributed by atoms with E-state index in [0.717, 1.165) is 25.7 Å². The second-order valence-corrected chi connectivity index (χ2v) is 5.75. The maximum Gasteiger partial charge on any atom is 0.244 e. The molecule has 0 aromatic heterocycles. The molecule has 108 valence electrons. The van der Waals surface area contributed by atoms with Gasteiger partial charge in [-0.25, -0.2) is 0 Å². The predicted octanol–water partition coefficient (Wildman–Crippen LogP) is 3.43. The van der Waals surface area contributed by atoms with Crippen LogP contribution in [-0.2, 0) is 4.79 Å². The number of aliphatic hydroxyl groups is 1. The van der Waals surface area contributed by atoms with Crippen molar-refractivity contribution in [1.29, 1.82) is 0 Å². The van der Waals surface area contributed by atoms with Crippen LogP contribution >= 0.6 is 23.2 Å². The highest BCUT2D eigenvalue weighted by molar-refractivity contribution is 6.37. The molecule has 0 aliphatic heterocycles. The lowest BCUT2D eigenvalue weighted by Crippen LogP contribution is -2.44. The van der Waals surface area contributed by atoms with Crippen molar-refractivity contribution in [3.8, 4) is 0 Å². The first-order chi connectivity index (χ1) is 9.58. The van der Waals surface area contributed by atoms with Gasteiger partial charge < -0.3 is 10.4 Å². The maximum absolute atomic E-state index is 11.9. The number of amides is 1. The fourth-order valence-corrected chi connectivity index (χ4v) is 2.86. The van der Waals surface area contributed by atoms with Crippen LogP contribution in [0.15, 0.2) is 24.3 Å². The summed E-state index contributed by atoms with van der Waals surface area (Å²) in [6.45, 7) is 0. The Morgan fingerprint density at radius 2 is 1.90 bits per heavy atom. The summed E-state index contributed by atoms with van der Waals surface area (Å²) in [4.78, 5) is 11.9. The van der Waals surface area contributed by atoms with Crippen molar-refractivity contribution in [2.75, 3.05) is 0 Å². The summed E-state index contributed by atoms with van der Waals surface area (Å²) in [6.07, 6.45) is 6.13. The number of rotatable bonds is 3. The van der Waals surface area contributed by atoms with Crippen LogP contribution in [0.2, 0.25) is 10.0 Å². The first-order valence-corrected chi connectivity index (χ1v) is 7.44. The quantitative estimate of drug-likeness (QED) is 0.840. The zero-order valence-electron chi connectivity index (χ0n) is 11.0. The molecule has 0 radical (unpaired) electrons. The van der Waals surface area contributed by atoms with Crippen molar-refractivity contribution in [1.82, 2.24) is 5.32 Å². The van der Waals surface area contributed by atoms with Gasteiger partial charge in [-0.1, -0.05) is 42.1 Å². The van der Waals surface area contributed by atoms with Crippen molar-refractivity contribution >= 4 is 35.2 Å². The van der Waals surface area contributed by atoms with Gasteiger partial charge in [-0.15, -0.1) is 0 Å². The Morgan fingerprint density at radius 3 is 2.55 bits per heavy atom. The monoisotopic (exact) mass is 313 g/mol. The zero-order valence-corrected chi connectivity index (χ0v) is 12.5. The molecule has 1 aromatic rings. The fraction of sp³-hybridized carbons (Fsp3) is 0.400. The molecule has 1 amide bonds. The van der Waals surface area contributed by atoms with E-state index < -0.39 is 6.10 Å². The van der Waals surface area contributed by atoms with Crippen molar-refractivity contribution in [2.24, 2.45) is 0 Å².